The Labute approximate surface area is 276 Å². The Hall–Kier alpha value is -5.32. The molecule has 1 N–H and O–H groups in total. The first-order chi connectivity index (χ1) is 23.0. The molecule has 0 bridgehead atoms. The number of nitrogens with zero attached hydrogens (tertiary/aromatic N) is 1. The summed E-state index contributed by atoms with van der Waals surface area (Å²) in [7, 11) is 0. The topological polar surface area (TPSA) is 94.2 Å². The molecule has 0 saturated carbocycles. The van der Waals surface area contributed by atoms with Crippen molar-refractivity contribution in [1.82, 2.24) is 10.2 Å². The summed E-state index contributed by atoms with van der Waals surface area (Å²) >= 11 is 0. The Morgan fingerprint density at radius 2 is 1.54 bits per heavy atom. The number of benzene rings is 4. The van der Waals surface area contributed by atoms with Gasteiger partial charge in [0, 0.05) is 19.6 Å². The summed E-state index contributed by atoms with van der Waals surface area (Å²) in [6.45, 7) is 3.87. The molecule has 8 nitrogen and oxygen atoms in total. The van der Waals surface area contributed by atoms with E-state index in [1.54, 1.807) is 38.1 Å². The zero-order valence-corrected chi connectivity index (χ0v) is 26.5. The Balaban J connectivity index is 1.16. The van der Waals surface area contributed by atoms with Gasteiger partial charge in [0.2, 0.25) is 0 Å². The number of alkyl carbamates (subject to hydrolysis) is 1. The van der Waals surface area contributed by atoms with E-state index in [0.717, 1.165) is 34.4 Å². The van der Waals surface area contributed by atoms with Crippen molar-refractivity contribution in [3.05, 3.63) is 125 Å². The molecule has 2 amide bonds. The van der Waals surface area contributed by atoms with Gasteiger partial charge in [-0.1, -0.05) is 72.8 Å². The molecule has 1 atom stereocenters. The number of carbonyl (C=O) groups is 3. The van der Waals surface area contributed by atoms with Crippen LogP contribution in [0.1, 0.15) is 47.6 Å². The van der Waals surface area contributed by atoms with Crippen molar-refractivity contribution in [2.75, 3.05) is 13.1 Å². The number of hydrogen-bond donors (Lipinski definition) is 1. The molecule has 48 heavy (non-hydrogen) atoms. The van der Waals surface area contributed by atoms with Crippen molar-refractivity contribution < 1.29 is 41.8 Å². The lowest BCUT2D eigenvalue weighted by Crippen LogP contribution is -2.40. The smallest absolute Gasteiger partial charge is 0.419 e. The first-order valence-corrected chi connectivity index (χ1v) is 15.5. The van der Waals surface area contributed by atoms with Crippen LogP contribution in [-0.4, -0.2) is 42.2 Å². The number of amides is 2. The number of halogens is 3. The molecule has 0 fully saturated rings. The van der Waals surface area contributed by atoms with Gasteiger partial charge in [0.25, 0.3) is 0 Å². The van der Waals surface area contributed by atoms with E-state index in [9.17, 15) is 27.6 Å². The Kier molecular flexibility index (Phi) is 10.7. The minimum absolute atomic E-state index is 0.0612. The fourth-order valence-corrected chi connectivity index (χ4v) is 5.29. The molecule has 0 aliphatic carbocycles. The SMILES string of the molecule is CC(C)OC(=O)C(CNC(=O)OC(=O)N1CCc2ccc(OCc3ccc(C(F)(F)F)cc3)cc2C1)c1ccc(-c2ccccc2)cc1. The van der Waals surface area contributed by atoms with Crippen LogP contribution in [0, 0.1) is 0 Å². The maximum Gasteiger partial charge on any atom is 0.419 e. The lowest BCUT2D eigenvalue weighted by atomic mass is 9.96. The van der Waals surface area contributed by atoms with Gasteiger partial charge in [-0.25, -0.2) is 9.59 Å². The molecule has 1 heterocycles. The number of nitrogens with one attached hydrogen (secondary N) is 1. The Bertz CT molecular complexity index is 1730. The van der Waals surface area contributed by atoms with Crippen LogP contribution in [0.5, 0.6) is 5.75 Å². The largest absolute Gasteiger partial charge is 0.489 e. The van der Waals surface area contributed by atoms with Crippen LogP contribution >= 0.6 is 0 Å². The summed E-state index contributed by atoms with van der Waals surface area (Å²) in [6, 6.07) is 27.3. The fourth-order valence-electron chi connectivity index (χ4n) is 5.29. The van der Waals surface area contributed by atoms with Gasteiger partial charge in [-0.15, -0.1) is 0 Å². The number of hydrogen-bond acceptors (Lipinski definition) is 6. The summed E-state index contributed by atoms with van der Waals surface area (Å²) < 4.78 is 54.8. The molecule has 0 spiro atoms. The first kappa shape index (κ1) is 34.0. The van der Waals surface area contributed by atoms with E-state index in [1.165, 1.54) is 17.0 Å². The molecular formula is C37H35F3N2O6. The quantitative estimate of drug-likeness (QED) is 0.145. The highest BCUT2D eigenvalue weighted by Gasteiger charge is 2.30. The highest BCUT2D eigenvalue weighted by atomic mass is 19.4. The number of alkyl halides is 3. The summed E-state index contributed by atoms with van der Waals surface area (Å²) in [4.78, 5) is 40.0. The molecule has 11 heteroatoms. The van der Waals surface area contributed by atoms with Crippen molar-refractivity contribution in [2.45, 2.75) is 51.6 Å². The number of ether oxygens (including phenoxy) is 3. The lowest BCUT2D eigenvalue weighted by molar-refractivity contribution is -0.149. The van der Waals surface area contributed by atoms with Crippen LogP contribution in [0.3, 0.4) is 0 Å². The minimum Gasteiger partial charge on any atom is -0.489 e. The third-order valence-corrected chi connectivity index (χ3v) is 7.82. The second-order valence-electron chi connectivity index (χ2n) is 11.6. The number of carbonyl (C=O) groups excluding carboxylic acids is 3. The lowest BCUT2D eigenvalue weighted by Gasteiger charge is -2.28. The molecule has 4 aromatic carbocycles. The average Bonchev–Trinajstić information content (AvgIpc) is 3.07. The molecule has 0 saturated heterocycles. The normalized spacial score (nSPS) is 13.3. The van der Waals surface area contributed by atoms with Crippen molar-refractivity contribution in [3.8, 4) is 16.9 Å². The second-order valence-corrected chi connectivity index (χ2v) is 11.6. The van der Waals surface area contributed by atoms with Gasteiger partial charge in [-0.2, -0.15) is 13.2 Å². The van der Waals surface area contributed by atoms with Gasteiger partial charge >= 0.3 is 24.3 Å². The predicted octanol–water partition coefficient (Wildman–Crippen LogP) is 7.89. The van der Waals surface area contributed by atoms with Gasteiger partial charge in [0.1, 0.15) is 12.4 Å². The molecule has 0 aromatic heterocycles. The molecular weight excluding hydrogens is 625 g/mol. The number of rotatable bonds is 9. The molecule has 4 aromatic rings. The Morgan fingerprint density at radius 3 is 2.21 bits per heavy atom. The van der Waals surface area contributed by atoms with Crippen LogP contribution < -0.4 is 10.1 Å². The molecule has 1 unspecified atom stereocenters. The summed E-state index contributed by atoms with van der Waals surface area (Å²) in [5, 5.41) is 2.53. The zero-order chi connectivity index (χ0) is 34.3. The van der Waals surface area contributed by atoms with E-state index in [4.69, 9.17) is 14.2 Å². The Morgan fingerprint density at radius 1 is 0.854 bits per heavy atom. The zero-order valence-electron chi connectivity index (χ0n) is 26.5. The molecule has 5 rings (SSSR count). The summed E-state index contributed by atoms with van der Waals surface area (Å²) in [5.74, 6) is -0.867. The van der Waals surface area contributed by atoms with Gasteiger partial charge in [0.15, 0.2) is 0 Å². The van der Waals surface area contributed by atoms with Crippen LogP contribution in [0.2, 0.25) is 0 Å². The van der Waals surface area contributed by atoms with Crippen molar-refractivity contribution in [3.63, 3.8) is 0 Å². The van der Waals surface area contributed by atoms with E-state index in [-0.39, 0.29) is 25.8 Å². The third-order valence-electron chi connectivity index (χ3n) is 7.82. The predicted molar refractivity (Wildman–Crippen MR) is 172 cm³/mol. The van der Waals surface area contributed by atoms with Gasteiger partial charge in [0.05, 0.1) is 17.6 Å². The first-order valence-electron chi connectivity index (χ1n) is 15.5. The van der Waals surface area contributed by atoms with Crippen molar-refractivity contribution >= 4 is 18.2 Å². The average molecular weight is 661 g/mol. The van der Waals surface area contributed by atoms with E-state index >= 15 is 0 Å². The van der Waals surface area contributed by atoms with Crippen LogP contribution in [0.4, 0.5) is 22.8 Å². The number of esters is 1. The molecule has 250 valence electrons. The molecule has 1 aliphatic rings. The maximum atomic E-state index is 13.0. The van der Waals surface area contributed by atoms with Crippen LogP contribution in [0.15, 0.2) is 97.1 Å². The van der Waals surface area contributed by atoms with Crippen molar-refractivity contribution in [1.29, 1.82) is 0 Å². The fraction of sp³-hybridized carbons (Fsp3) is 0.270. The molecule has 1 aliphatic heterocycles. The van der Waals surface area contributed by atoms with E-state index < -0.39 is 35.8 Å². The number of fused-ring (bicyclic) bond motifs is 1. The van der Waals surface area contributed by atoms with Crippen LogP contribution in [0.25, 0.3) is 11.1 Å². The maximum absolute atomic E-state index is 13.0. The second kappa shape index (κ2) is 15.1. The van der Waals surface area contributed by atoms with Gasteiger partial charge < -0.3 is 24.4 Å². The standard InChI is InChI=1S/C37H35F3N2O6/c1-24(2)47-34(43)33(29-12-10-27(11-13-29)26-6-4-3-5-7-26)21-41-35(44)48-36(45)42-19-18-28-14-17-32(20-30(28)22-42)46-23-25-8-15-31(16-9-25)37(38,39)40/h3-17,20,24,33H,18-19,21-23H2,1-2H3,(H,41,44). The highest BCUT2D eigenvalue weighted by molar-refractivity contribution is 5.85. The van der Waals surface area contributed by atoms with Gasteiger partial charge in [-0.05, 0) is 77.9 Å². The van der Waals surface area contributed by atoms with E-state index in [2.05, 4.69) is 5.32 Å². The highest BCUT2D eigenvalue weighted by Crippen LogP contribution is 2.30. The third kappa shape index (κ3) is 8.93. The van der Waals surface area contributed by atoms with Crippen molar-refractivity contribution in [2.24, 2.45) is 0 Å². The van der Waals surface area contributed by atoms with E-state index in [1.807, 2.05) is 48.5 Å². The molecule has 0 radical (unpaired) electrons. The monoisotopic (exact) mass is 660 g/mol. The van der Waals surface area contributed by atoms with E-state index in [0.29, 0.717) is 29.8 Å². The van der Waals surface area contributed by atoms with Crippen LogP contribution in [-0.2, 0) is 40.0 Å². The minimum atomic E-state index is -4.41. The summed E-state index contributed by atoms with van der Waals surface area (Å²) in [5.41, 5.74) is 4.25. The van der Waals surface area contributed by atoms with Gasteiger partial charge in [-0.3, -0.25) is 4.79 Å². The summed E-state index contributed by atoms with van der Waals surface area (Å²) in [6.07, 6.45) is -6.10.